The molecule has 1 aromatic heterocycles. The number of rotatable bonds is 7. The molecule has 0 aliphatic rings. The molecule has 2 rings (SSSR count). The summed E-state index contributed by atoms with van der Waals surface area (Å²) in [5.41, 5.74) is 1.67. The Kier molecular flexibility index (Phi) is 5.41. The molecule has 0 bridgehead atoms. The summed E-state index contributed by atoms with van der Waals surface area (Å²) in [6, 6.07) is 5.03. The minimum atomic E-state index is -0.224. The van der Waals surface area contributed by atoms with Crippen LogP contribution in [0.3, 0.4) is 0 Å². The second kappa shape index (κ2) is 7.07. The van der Waals surface area contributed by atoms with Crippen molar-refractivity contribution in [1.82, 2.24) is 9.55 Å². The first kappa shape index (κ1) is 15.3. The van der Waals surface area contributed by atoms with Gasteiger partial charge in [0.2, 0.25) is 0 Å². The van der Waals surface area contributed by atoms with Gasteiger partial charge in [-0.25, -0.2) is 9.37 Å². The molecule has 0 fully saturated rings. The van der Waals surface area contributed by atoms with Crippen molar-refractivity contribution in [3.8, 4) is 0 Å². The fourth-order valence-electron chi connectivity index (χ4n) is 2.70. The molecule has 20 heavy (non-hydrogen) atoms. The standard InChI is InChI=1S/C16H22ClFN2/c1-3-4-5-6-7-12(2)20-15-10-13(18)8-9-14(15)19-16(20)11-17/h8-10,12H,3-7,11H2,1-2H3. The van der Waals surface area contributed by atoms with E-state index in [0.29, 0.717) is 11.9 Å². The van der Waals surface area contributed by atoms with E-state index in [2.05, 4.69) is 23.4 Å². The summed E-state index contributed by atoms with van der Waals surface area (Å²) in [4.78, 5) is 4.50. The number of halogens is 2. The van der Waals surface area contributed by atoms with Gasteiger partial charge in [0.15, 0.2) is 0 Å². The highest BCUT2D eigenvalue weighted by Gasteiger charge is 2.15. The maximum atomic E-state index is 13.5. The summed E-state index contributed by atoms with van der Waals surface area (Å²) in [5, 5.41) is 0. The molecule has 1 atom stereocenters. The number of hydrogen-bond donors (Lipinski definition) is 0. The third kappa shape index (κ3) is 3.32. The highest BCUT2D eigenvalue weighted by Crippen LogP contribution is 2.26. The first-order chi connectivity index (χ1) is 9.67. The molecular formula is C16H22ClFN2. The quantitative estimate of drug-likeness (QED) is 0.491. The minimum Gasteiger partial charge on any atom is -0.324 e. The zero-order valence-corrected chi connectivity index (χ0v) is 13.0. The van der Waals surface area contributed by atoms with Crippen molar-refractivity contribution in [2.45, 2.75) is 57.9 Å². The lowest BCUT2D eigenvalue weighted by atomic mass is 10.1. The second-order valence-corrected chi connectivity index (χ2v) is 5.63. The van der Waals surface area contributed by atoms with Gasteiger partial charge in [-0.05, 0) is 31.5 Å². The number of hydrogen-bond acceptors (Lipinski definition) is 1. The zero-order valence-electron chi connectivity index (χ0n) is 12.2. The van der Waals surface area contributed by atoms with Gasteiger partial charge >= 0.3 is 0 Å². The highest BCUT2D eigenvalue weighted by atomic mass is 35.5. The van der Waals surface area contributed by atoms with Crippen LogP contribution >= 0.6 is 11.6 Å². The zero-order chi connectivity index (χ0) is 14.5. The molecule has 1 unspecified atom stereocenters. The molecule has 0 aliphatic carbocycles. The molecule has 0 saturated carbocycles. The fourth-order valence-corrected chi connectivity index (χ4v) is 2.89. The number of aromatic nitrogens is 2. The molecule has 0 saturated heterocycles. The average molecular weight is 297 g/mol. The van der Waals surface area contributed by atoms with E-state index in [1.54, 1.807) is 12.1 Å². The molecule has 2 nitrogen and oxygen atoms in total. The van der Waals surface area contributed by atoms with E-state index in [-0.39, 0.29) is 5.82 Å². The predicted molar refractivity (Wildman–Crippen MR) is 82.7 cm³/mol. The number of unbranched alkanes of at least 4 members (excludes halogenated alkanes) is 3. The number of fused-ring (bicyclic) bond motifs is 1. The second-order valence-electron chi connectivity index (χ2n) is 5.36. The van der Waals surface area contributed by atoms with Crippen LogP contribution in [0.15, 0.2) is 18.2 Å². The van der Waals surface area contributed by atoms with Crippen LogP contribution in [-0.4, -0.2) is 9.55 Å². The maximum absolute atomic E-state index is 13.5. The SMILES string of the molecule is CCCCCCC(C)n1c(CCl)nc2ccc(F)cc21. The Balaban J connectivity index is 2.24. The number of nitrogens with zero attached hydrogens (tertiary/aromatic N) is 2. The van der Waals surface area contributed by atoms with Gasteiger partial charge < -0.3 is 4.57 Å². The third-order valence-electron chi connectivity index (χ3n) is 3.76. The summed E-state index contributed by atoms with van der Waals surface area (Å²) in [6.07, 6.45) is 6.02. The van der Waals surface area contributed by atoms with E-state index in [4.69, 9.17) is 11.6 Å². The molecular weight excluding hydrogens is 275 g/mol. The lowest BCUT2D eigenvalue weighted by Crippen LogP contribution is -2.08. The van der Waals surface area contributed by atoms with E-state index in [1.165, 1.54) is 31.7 Å². The van der Waals surface area contributed by atoms with Gasteiger partial charge in [0.05, 0.1) is 16.9 Å². The van der Waals surface area contributed by atoms with Crippen molar-refractivity contribution in [3.05, 3.63) is 29.8 Å². The van der Waals surface area contributed by atoms with Crippen molar-refractivity contribution in [2.75, 3.05) is 0 Å². The van der Waals surface area contributed by atoms with Gasteiger partial charge in [0.1, 0.15) is 11.6 Å². The van der Waals surface area contributed by atoms with E-state index in [9.17, 15) is 4.39 Å². The van der Waals surface area contributed by atoms with Crippen LogP contribution in [0.1, 0.15) is 57.8 Å². The van der Waals surface area contributed by atoms with Gasteiger partial charge in [0, 0.05) is 6.04 Å². The van der Waals surface area contributed by atoms with E-state index in [1.807, 2.05) is 0 Å². The summed E-state index contributed by atoms with van der Waals surface area (Å²) in [6.45, 7) is 4.37. The summed E-state index contributed by atoms with van der Waals surface area (Å²) in [7, 11) is 0. The maximum Gasteiger partial charge on any atom is 0.125 e. The fraction of sp³-hybridized carbons (Fsp3) is 0.562. The van der Waals surface area contributed by atoms with Crippen molar-refractivity contribution in [1.29, 1.82) is 0 Å². The Morgan fingerprint density at radius 1 is 1.30 bits per heavy atom. The van der Waals surface area contributed by atoms with E-state index < -0.39 is 0 Å². The van der Waals surface area contributed by atoms with Crippen LogP contribution in [0.25, 0.3) is 11.0 Å². The lowest BCUT2D eigenvalue weighted by molar-refractivity contribution is 0.472. The molecule has 4 heteroatoms. The summed E-state index contributed by atoms with van der Waals surface area (Å²) in [5.74, 6) is 0.962. The summed E-state index contributed by atoms with van der Waals surface area (Å²) >= 11 is 5.99. The average Bonchev–Trinajstić information content (AvgIpc) is 2.81. The largest absolute Gasteiger partial charge is 0.324 e. The van der Waals surface area contributed by atoms with Crippen LogP contribution < -0.4 is 0 Å². The van der Waals surface area contributed by atoms with Crippen LogP contribution in [0.4, 0.5) is 4.39 Å². The molecule has 1 aromatic carbocycles. The molecule has 2 aromatic rings. The van der Waals surface area contributed by atoms with Crippen LogP contribution in [0, 0.1) is 5.82 Å². The van der Waals surface area contributed by atoms with Crippen molar-refractivity contribution in [3.63, 3.8) is 0 Å². The smallest absolute Gasteiger partial charge is 0.125 e. The first-order valence-corrected chi connectivity index (χ1v) is 7.93. The normalized spacial score (nSPS) is 13.0. The van der Waals surface area contributed by atoms with Crippen molar-refractivity contribution < 1.29 is 4.39 Å². The number of imidazole rings is 1. The van der Waals surface area contributed by atoms with Gasteiger partial charge in [-0.1, -0.05) is 32.6 Å². The third-order valence-corrected chi connectivity index (χ3v) is 4.00. The Hall–Kier alpha value is -1.09. The minimum absolute atomic E-state index is 0.224. The number of benzene rings is 1. The van der Waals surface area contributed by atoms with Crippen molar-refractivity contribution in [2.24, 2.45) is 0 Å². The van der Waals surface area contributed by atoms with E-state index >= 15 is 0 Å². The van der Waals surface area contributed by atoms with Gasteiger partial charge in [-0.3, -0.25) is 0 Å². The van der Waals surface area contributed by atoms with Gasteiger partial charge in [0.25, 0.3) is 0 Å². The molecule has 0 N–H and O–H groups in total. The van der Waals surface area contributed by atoms with Gasteiger partial charge in [-0.15, -0.1) is 11.6 Å². The monoisotopic (exact) mass is 296 g/mol. The molecule has 0 radical (unpaired) electrons. The molecule has 0 aliphatic heterocycles. The molecule has 110 valence electrons. The predicted octanol–water partition coefficient (Wildman–Crippen LogP) is 5.45. The Morgan fingerprint density at radius 2 is 2.10 bits per heavy atom. The Morgan fingerprint density at radius 3 is 2.80 bits per heavy atom. The lowest BCUT2D eigenvalue weighted by Gasteiger charge is -2.17. The van der Waals surface area contributed by atoms with Crippen LogP contribution in [-0.2, 0) is 5.88 Å². The molecule has 0 spiro atoms. The van der Waals surface area contributed by atoms with Gasteiger partial charge in [-0.2, -0.15) is 0 Å². The van der Waals surface area contributed by atoms with Crippen LogP contribution in [0.5, 0.6) is 0 Å². The number of alkyl halides is 1. The summed E-state index contributed by atoms with van der Waals surface area (Å²) < 4.78 is 15.6. The van der Waals surface area contributed by atoms with Crippen molar-refractivity contribution >= 4 is 22.6 Å². The Bertz CT molecular complexity index is 565. The highest BCUT2D eigenvalue weighted by molar-refractivity contribution is 6.16. The van der Waals surface area contributed by atoms with E-state index in [0.717, 1.165) is 23.3 Å². The topological polar surface area (TPSA) is 17.8 Å². The first-order valence-electron chi connectivity index (χ1n) is 7.39. The molecule has 1 heterocycles. The molecule has 0 amide bonds. The Labute approximate surface area is 125 Å². The van der Waals surface area contributed by atoms with Crippen LogP contribution in [0.2, 0.25) is 0 Å².